The number of halogens is 1. The van der Waals surface area contributed by atoms with E-state index in [1.807, 2.05) is 57.0 Å². The second-order valence-corrected chi connectivity index (χ2v) is 11.9. The maximum Gasteiger partial charge on any atom is 0.233 e. The van der Waals surface area contributed by atoms with Crippen molar-refractivity contribution in [3.63, 3.8) is 0 Å². The van der Waals surface area contributed by atoms with E-state index in [0.29, 0.717) is 35.9 Å². The smallest absolute Gasteiger partial charge is 0.233 e. The molecule has 0 aliphatic rings. The van der Waals surface area contributed by atoms with Crippen molar-refractivity contribution in [2.45, 2.75) is 33.0 Å². The van der Waals surface area contributed by atoms with Crippen LogP contribution in [0.1, 0.15) is 36.7 Å². The number of nitrogens with zero attached hydrogens (tertiary/aromatic N) is 12. The second-order valence-electron chi connectivity index (χ2n) is 11.1. The molecule has 7 heterocycles. The van der Waals surface area contributed by atoms with E-state index in [4.69, 9.17) is 14.5 Å². The van der Waals surface area contributed by atoms with Gasteiger partial charge in [-0.15, -0.1) is 15.3 Å². The number of aromatic nitrogens is 12. The van der Waals surface area contributed by atoms with E-state index in [1.54, 1.807) is 52.2 Å². The van der Waals surface area contributed by atoms with Crippen LogP contribution in [-0.4, -0.2) is 60.1 Å². The fraction of sp³-hybridized carbons (Fsp3) is 0.212. The summed E-state index contributed by atoms with van der Waals surface area (Å²) in [6, 6.07) is 14.8. The van der Waals surface area contributed by atoms with E-state index >= 15 is 0 Å². The van der Waals surface area contributed by atoms with Crippen molar-refractivity contribution in [2.24, 2.45) is 14.1 Å². The lowest BCUT2D eigenvalue weighted by molar-refractivity contribution is 0.284. The van der Waals surface area contributed by atoms with Crippen LogP contribution in [-0.2, 0) is 27.3 Å². The third-order valence-electron chi connectivity index (χ3n) is 7.02. The quantitative estimate of drug-likeness (QED) is 0.185. The molecule has 0 saturated heterocycles. The van der Waals surface area contributed by atoms with Gasteiger partial charge in [-0.25, -0.2) is 4.98 Å². The Morgan fingerprint density at radius 2 is 1.45 bits per heavy atom. The maximum absolute atomic E-state index is 5.76. The average molecular weight is 723 g/mol. The minimum Gasteiger partial charge on any atom is -0.470 e. The molecule has 0 spiro atoms. The second kappa shape index (κ2) is 15.3. The molecule has 1 N–H and O–H groups in total. The standard InChI is InChI=1S/C24H23N9O.C9H9BrN4O/c1-15(2)16-10-23(30-27-12-16)29-22-7-6-19-20(28-22)9-17(11-25-19)18-13-33(3)32-21(18)14-34-24-5-4-8-26-31-24;1-14-5-7(10)8(13-14)6-15-9-3-2-4-11-12-9/h4-13,15H,14H2,1-3H3,(H,28,29,30);2-5H,6H2,1H3. The normalized spacial score (nSPS) is 10.9. The first-order valence-electron chi connectivity index (χ1n) is 15.2. The molecule has 0 amide bonds. The number of nitrogens with one attached hydrogen (secondary N) is 1. The molecule has 7 aromatic rings. The van der Waals surface area contributed by atoms with Gasteiger partial charge in [0, 0.05) is 68.3 Å². The zero-order chi connectivity index (χ0) is 34.2. The van der Waals surface area contributed by atoms with E-state index in [-0.39, 0.29) is 6.61 Å². The Labute approximate surface area is 289 Å². The van der Waals surface area contributed by atoms with Crippen LogP contribution in [0.25, 0.3) is 22.2 Å². The van der Waals surface area contributed by atoms with Crippen LogP contribution in [0.3, 0.4) is 0 Å². The Hall–Kier alpha value is -5.90. The topological polar surface area (TPSA) is 169 Å². The van der Waals surface area contributed by atoms with Crippen LogP contribution in [0.4, 0.5) is 11.6 Å². The third-order valence-corrected chi connectivity index (χ3v) is 7.68. The van der Waals surface area contributed by atoms with Crippen LogP contribution in [0, 0.1) is 0 Å². The first-order chi connectivity index (χ1) is 23.8. The molecule has 0 fully saturated rings. The van der Waals surface area contributed by atoms with E-state index in [1.165, 1.54) is 0 Å². The van der Waals surface area contributed by atoms with E-state index in [2.05, 4.69) is 80.9 Å². The van der Waals surface area contributed by atoms with Gasteiger partial charge in [-0.1, -0.05) is 13.8 Å². The highest BCUT2D eigenvalue weighted by molar-refractivity contribution is 9.10. The van der Waals surface area contributed by atoms with Crippen LogP contribution in [0.5, 0.6) is 11.8 Å². The molecule has 0 unspecified atom stereocenters. The molecule has 7 aromatic heterocycles. The molecular formula is C33H32BrN13O2. The van der Waals surface area contributed by atoms with Crippen LogP contribution < -0.4 is 14.8 Å². The summed E-state index contributed by atoms with van der Waals surface area (Å²) < 4.78 is 15.6. The molecular weight excluding hydrogens is 690 g/mol. The molecule has 16 heteroatoms. The van der Waals surface area contributed by atoms with Crippen molar-refractivity contribution in [3.8, 4) is 22.9 Å². The summed E-state index contributed by atoms with van der Waals surface area (Å²) in [7, 11) is 3.73. The zero-order valence-corrected chi connectivity index (χ0v) is 28.7. The number of rotatable bonds is 10. The highest BCUT2D eigenvalue weighted by atomic mass is 79.9. The summed E-state index contributed by atoms with van der Waals surface area (Å²) in [6.07, 6.45) is 10.6. The first kappa shape index (κ1) is 33.0. The minimum atomic E-state index is 0.257. The summed E-state index contributed by atoms with van der Waals surface area (Å²) in [4.78, 5) is 9.34. The summed E-state index contributed by atoms with van der Waals surface area (Å²) in [5, 5.41) is 35.6. The van der Waals surface area contributed by atoms with Crippen molar-refractivity contribution in [2.75, 3.05) is 5.32 Å². The van der Waals surface area contributed by atoms with Gasteiger partial charge in [0.2, 0.25) is 11.8 Å². The van der Waals surface area contributed by atoms with Crippen molar-refractivity contribution in [3.05, 3.63) is 107 Å². The first-order valence-corrected chi connectivity index (χ1v) is 16.0. The lowest BCUT2D eigenvalue weighted by atomic mass is 10.1. The summed E-state index contributed by atoms with van der Waals surface area (Å²) in [5.41, 5.74) is 6.06. The molecule has 0 bridgehead atoms. The fourth-order valence-corrected chi connectivity index (χ4v) is 5.10. The van der Waals surface area contributed by atoms with Gasteiger partial charge in [0.25, 0.3) is 0 Å². The number of anilines is 2. The molecule has 0 aromatic carbocycles. The Morgan fingerprint density at radius 3 is 2.10 bits per heavy atom. The lowest BCUT2D eigenvalue weighted by Gasteiger charge is -2.09. The van der Waals surface area contributed by atoms with Crippen molar-refractivity contribution in [1.29, 1.82) is 0 Å². The van der Waals surface area contributed by atoms with Gasteiger partial charge >= 0.3 is 0 Å². The molecule has 15 nitrogen and oxygen atoms in total. The van der Waals surface area contributed by atoms with Crippen molar-refractivity contribution >= 4 is 38.6 Å². The van der Waals surface area contributed by atoms with Gasteiger partial charge in [-0.2, -0.15) is 25.5 Å². The molecule has 248 valence electrons. The summed E-state index contributed by atoms with van der Waals surface area (Å²) in [5.74, 6) is 2.61. The predicted octanol–water partition coefficient (Wildman–Crippen LogP) is 5.61. The van der Waals surface area contributed by atoms with Gasteiger partial charge in [0.15, 0.2) is 5.82 Å². The van der Waals surface area contributed by atoms with Crippen LogP contribution >= 0.6 is 15.9 Å². The minimum absolute atomic E-state index is 0.257. The van der Waals surface area contributed by atoms with Crippen molar-refractivity contribution in [1.82, 2.24) is 60.1 Å². The zero-order valence-electron chi connectivity index (χ0n) is 27.1. The van der Waals surface area contributed by atoms with Crippen molar-refractivity contribution < 1.29 is 9.47 Å². The number of fused-ring (bicyclic) bond motifs is 1. The average Bonchev–Trinajstić information content (AvgIpc) is 3.66. The van der Waals surface area contributed by atoms with E-state index < -0.39 is 0 Å². The Balaban J connectivity index is 0.000000232. The number of hydrogen-bond acceptors (Lipinski definition) is 13. The molecule has 0 saturated carbocycles. The van der Waals surface area contributed by atoms with Gasteiger partial charge in [-0.05, 0) is 63.8 Å². The van der Waals surface area contributed by atoms with Gasteiger partial charge in [-0.3, -0.25) is 14.3 Å². The molecule has 0 radical (unpaired) electrons. The summed E-state index contributed by atoms with van der Waals surface area (Å²) >= 11 is 3.39. The Morgan fingerprint density at radius 1 is 0.755 bits per heavy atom. The molecule has 0 aliphatic carbocycles. The number of hydrogen-bond donors (Lipinski definition) is 1. The predicted molar refractivity (Wildman–Crippen MR) is 185 cm³/mol. The fourth-order valence-electron chi connectivity index (χ4n) is 4.61. The third kappa shape index (κ3) is 8.72. The number of ether oxygens (including phenoxy) is 2. The summed E-state index contributed by atoms with van der Waals surface area (Å²) in [6.45, 7) is 4.87. The van der Waals surface area contributed by atoms with Gasteiger partial charge < -0.3 is 14.8 Å². The molecule has 0 atom stereocenters. The Bertz CT molecular complexity index is 2140. The number of aryl methyl sites for hydroxylation is 2. The number of pyridine rings is 2. The van der Waals surface area contributed by atoms with E-state index in [9.17, 15) is 0 Å². The SMILES string of the molecule is CC(C)c1cnnc(Nc2ccc3ncc(-c4cn(C)nc4COc4cccnn4)cc3n2)c1.Cn1cc(Br)c(COc2cccnn2)n1. The van der Waals surface area contributed by atoms with E-state index in [0.717, 1.165) is 43.6 Å². The molecule has 49 heavy (non-hydrogen) atoms. The maximum atomic E-state index is 5.76. The van der Waals surface area contributed by atoms with Crippen LogP contribution in [0.2, 0.25) is 0 Å². The largest absolute Gasteiger partial charge is 0.470 e. The molecule has 7 rings (SSSR count). The van der Waals surface area contributed by atoms with Gasteiger partial charge in [0.1, 0.15) is 30.4 Å². The Kier molecular flexibility index (Phi) is 10.3. The monoisotopic (exact) mass is 721 g/mol. The van der Waals surface area contributed by atoms with Gasteiger partial charge in [0.05, 0.1) is 21.7 Å². The highest BCUT2D eigenvalue weighted by Gasteiger charge is 2.14. The van der Waals surface area contributed by atoms with Crippen LogP contribution in [0.15, 0.2) is 90.2 Å². The lowest BCUT2D eigenvalue weighted by Crippen LogP contribution is -2.01. The highest BCUT2D eigenvalue weighted by Crippen LogP contribution is 2.27. The molecule has 0 aliphatic heterocycles.